The van der Waals surface area contributed by atoms with Crippen LogP contribution < -0.4 is 0 Å². The highest BCUT2D eigenvalue weighted by atomic mass is 16.5. The lowest BCUT2D eigenvalue weighted by molar-refractivity contribution is -0.157. The number of hydrogen-bond donors (Lipinski definition) is 1. The Morgan fingerprint density at radius 2 is 1.65 bits per heavy atom. The molecule has 3 aliphatic rings. The maximum atomic E-state index is 14.9. The van der Waals surface area contributed by atoms with E-state index in [2.05, 4.69) is 20.1 Å². The predicted octanol–water partition coefficient (Wildman–Crippen LogP) is 4.77. The molecule has 7 atom stereocenters. The molecule has 46 heavy (non-hydrogen) atoms. The summed E-state index contributed by atoms with van der Waals surface area (Å²) in [6.45, 7) is 14.5. The first-order valence-electron chi connectivity index (χ1n) is 16.7. The Hall–Kier alpha value is -3.75. The first-order valence-corrected chi connectivity index (χ1v) is 16.7. The van der Waals surface area contributed by atoms with Crippen LogP contribution in [0.3, 0.4) is 0 Å². The summed E-state index contributed by atoms with van der Waals surface area (Å²) in [5.41, 5.74) is -0.180. The molecular weight excluding hydrogens is 578 g/mol. The van der Waals surface area contributed by atoms with Gasteiger partial charge in [0.15, 0.2) is 0 Å². The monoisotopic (exact) mass is 627 g/mol. The van der Waals surface area contributed by atoms with Gasteiger partial charge in [-0.1, -0.05) is 86.2 Å². The molecule has 0 aliphatic carbocycles. The number of ether oxygens (including phenoxy) is 1. The average Bonchev–Trinajstić information content (AvgIpc) is 3.63. The zero-order valence-corrected chi connectivity index (χ0v) is 27.5. The predicted molar refractivity (Wildman–Crippen MR) is 178 cm³/mol. The van der Waals surface area contributed by atoms with E-state index in [-0.39, 0.29) is 30.4 Å². The summed E-state index contributed by atoms with van der Waals surface area (Å²) in [5, 5.41) is 10.8. The van der Waals surface area contributed by atoms with Gasteiger partial charge in [-0.2, -0.15) is 0 Å². The van der Waals surface area contributed by atoms with Crippen LogP contribution in [0.5, 0.6) is 0 Å². The van der Waals surface area contributed by atoms with Crippen LogP contribution in [0.25, 0.3) is 0 Å². The van der Waals surface area contributed by atoms with Crippen molar-refractivity contribution in [3.63, 3.8) is 0 Å². The Bertz CT molecular complexity index is 1420. The summed E-state index contributed by atoms with van der Waals surface area (Å²) < 4.78 is 6.94. The van der Waals surface area contributed by atoms with Gasteiger partial charge in [-0.25, -0.2) is 0 Å². The fourth-order valence-corrected chi connectivity index (χ4v) is 8.30. The van der Waals surface area contributed by atoms with Gasteiger partial charge in [0, 0.05) is 25.7 Å². The van der Waals surface area contributed by atoms with Crippen LogP contribution in [-0.4, -0.2) is 86.6 Å². The van der Waals surface area contributed by atoms with Crippen LogP contribution in [0.4, 0.5) is 0 Å². The van der Waals surface area contributed by atoms with Crippen molar-refractivity contribution in [1.82, 2.24) is 14.7 Å². The number of benzene rings is 2. The molecule has 3 fully saturated rings. The molecule has 3 amide bonds. The van der Waals surface area contributed by atoms with E-state index in [0.717, 1.165) is 24.0 Å². The van der Waals surface area contributed by atoms with Gasteiger partial charge >= 0.3 is 0 Å². The molecular formula is C38H49N3O5. The summed E-state index contributed by atoms with van der Waals surface area (Å²) in [5.74, 6) is -2.32. The zero-order valence-electron chi connectivity index (χ0n) is 27.5. The molecule has 2 aromatic carbocycles. The minimum absolute atomic E-state index is 0.0924. The minimum atomic E-state index is -1.19. The topological polar surface area (TPSA) is 90.4 Å². The Morgan fingerprint density at radius 3 is 2.24 bits per heavy atom. The van der Waals surface area contributed by atoms with Crippen LogP contribution >= 0.6 is 0 Å². The SMILES string of the molecule is C=CCN(Cc1ccccc1)C(=O)[C@@H]1[C@H]2C(=O)N([C@@H](CO)Cc3ccccc3)C(C(=O)N(CC=C)C(C)CCC)C23CC[C@@]1(C)O3. The number of rotatable bonds is 15. The number of fused-ring (bicyclic) bond motifs is 1. The van der Waals surface area contributed by atoms with Crippen molar-refractivity contribution in [3.05, 3.63) is 97.1 Å². The molecule has 1 spiro atoms. The summed E-state index contributed by atoms with van der Waals surface area (Å²) in [7, 11) is 0. The number of likely N-dealkylation sites (tertiary alicyclic amines) is 1. The van der Waals surface area contributed by atoms with E-state index in [1.54, 1.807) is 26.9 Å². The van der Waals surface area contributed by atoms with Crippen LogP contribution in [-0.2, 0) is 32.1 Å². The van der Waals surface area contributed by atoms with E-state index in [1.165, 1.54) is 0 Å². The van der Waals surface area contributed by atoms with Crippen molar-refractivity contribution < 1.29 is 24.2 Å². The third-order valence-corrected chi connectivity index (χ3v) is 10.4. The van der Waals surface area contributed by atoms with Crippen LogP contribution in [0.1, 0.15) is 57.6 Å². The molecule has 3 heterocycles. The zero-order chi connectivity index (χ0) is 33.1. The maximum absolute atomic E-state index is 14.9. The molecule has 2 bridgehead atoms. The highest BCUT2D eigenvalue weighted by Gasteiger charge is 2.79. The lowest BCUT2D eigenvalue weighted by Crippen LogP contribution is -2.60. The second-order valence-electron chi connectivity index (χ2n) is 13.4. The summed E-state index contributed by atoms with van der Waals surface area (Å²) in [6, 6.07) is 17.7. The normalized spacial score (nSPS) is 27.6. The third kappa shape index (κ3) is 5.93. The van der Waals surface area contributed by atoms with E-state index in [9.17, 15) is 19.5 Å². The maximum Gasteiger partial charge on any atom is 0.248 e. The molecule has 8 nitrogen and oxygen atoms in total. The first-order chi connectivity index (χ1) is 22.2. The highest BCUT2D eigenvalue weighted by Crippen LogP contribution is 2.64. The quantitative estimate of drug-likeness (QED) is 0.288. The van der Waals surface area contributed by atoms with Crippen molar-refractivity contribution in [2.45, 2.75) is 88.7 Å². The first kappa shape index (κ1) is 33.6. The van der Waals surface area contributed by atoms with Gasteiger partial charge in [-0.05, 0) is 50.7 Å². The number of aliphatic hydroxyl groups excluding tert-OH is 1. The van der Waals surface area contributed by atoms with Crippen molar-refractivity contribution >= 4 is 17.7 Å². The van der Waals surface area contributed by atoms with Gasteiger partial charge in [0.25, 0.3) is 0 Å². The minimum Gasteiger partial charge on any atom is -0.394 e. The number of carbonyl (C=O) groups is 3. The smallest absolute Gasteiger partial charge is 0.248 e. The van der Waals surface area contributed by atoms with Gasteiger partial charge in [0.05, 0.1) is 30.1 Å². The molecule has 3 saturated heterocycles. The molecule has 8 heteroatoms. The average molecular weight is 628 g/mol. The number of carbonyl (C=O) groups excluding carboxylic acids is 3. The second-order valence-corrected chi connectivity index (χ2v) is 13.4. The van der Waals surface area contributed by atoms with Gasteiger partial charge in [-0.15, -0.1) is 13.2 Å². The molecule has 3 aliphatic heterocycles. The summed E-state index contributed by atoms with van der Waals surface area (Å²) in [4.78, 5) is 49.5. The molecule has 5 rings (SSSR count). The van der Waals surface area contributed by atoms with Gasteiger partial charge in [0.1, 0.15) is 11.6 Å². The Kier molecular flexibility index (Phi) is 10.2. The molecule has 1 N–H and O–H groups in total. The van der Waals surface area contributed by atoms with E-state index >= 15 is 0 Å². The van der Waals surface area contributed by atoms with Crippen LogP contribution in [0, 0.1) is 11.8 Å². The van der Waals surface area contributed by atoms with E-state index in [0.29, 0.717) is 38.9 Å². The molecule has 2 aromatic rings. The fourth-order valence-electron chi connectivity index (χ4n) is 8.30. The lowest BCUT2D eigenvalue weighted by atomic mass is 9.66. The molecule has 246 valence electrons. The van der Waals surface area contributed by atoms with Crippen molar-refractivity contribution in [1.29, 1.82) is 0 Å². The van der Waals surface area contributed by atoms with Crippen LogP contribution in [0.15, 0.2) is 86.0 Å². The fraction of sp³-hybridized carbons (Fsp3) is 0.500. The van der Waals surface area contributed by atoms with E-state index in [1.807, 2.05) is 74.5 Å². The molecule has 0 radical (unpaired) electrons. The third-order valence-electron chi connectivity index (χ3n) is 10.4. The highest BCUT2D eigenvalue weighted by molar-refractivity contribution is 5.99. The van der Waals surface area contributed by atoms with Crippen molar-refractivity contribution in [2.24, 2.45) is 11.8 Å². The second kappa shape index (κ2) is 13.9. The molecule has 0 aromatic heterocycles. The van der Waals surface area contributed by atoms with Gasteiger partial charge in [-0.3, -0.25) is 14.4 Å². The van der Waals surface area contributed by atoms with Crippen molar-refractivity contribution in [3.8, 4) is 0 Å². The number of amides is 3. The van der Waals surface area contributed by atoms with Gasteiger partial charge < -0.3 is 24.5 Å². The lowest BCUT2D eigenvalue weighted by Gasteiger charge is -2.41. The number of aliphatic hydroxyl groups is 1. The standard InChI is InChI=1S/C38H49N3O5/c1-6-15-27(4)40(23-8-3)36(45)33-38-21-20-37(5,46-38)31(34(43)39(22-7-2)25-29-18-13-10-14-19-29)32(38)35(44)41(33)30(26-42)24-28-16-11-9-12-17-28/h7-14,16-19,27,30-33,42H,2-3,6,15,20-26H2,1,4-5H3/t27?,30-,31+,32+,33?,37-,38?/m1/s1. The molecule has 3 unspecified atom stereocenters. The summed E-state index contributed by atoms with van der Waals surface area (Å²) in [6.07, 6.45) is 6.49. The van der Waals surface area contributed by atoms with Crippen LogP contribution in [0.2, 0.25) is 0 Å². The largest absolute Gasteiger partial charge is 0.394 e. The molecule has 0 saturated carbocycles. The Balaban J connectivity index is 1.59. The van der Waals surface area contributed by atoms with Crippen molar-refractivity contribution in [2.75, 3.05) is 19.7 Å². The van der Waals surface area contributed by atoms with Gasteiger partial charge in [0.2, 0.25) is 17.7 Å². The summed E-state index contributed by atoms with van der Waals surface area (Å²) >= 11 is 0. The van der Waals surface area contributed by atoms with E-state index in [4.69, 9.17) is 4.74 Å². The Labute approximate surface area is 273 Å². The Morgan fingerprint density at radius 1 is 1.02 bits per heavy atom. The number of nitrogens with zero attached hydrogens (tertiary/aromatic N) is 3. The number of hydrogen-bond acceptors (Lipinski definition) is 5. The van der Waals surface area contributed by atoms with E-state index < -0.39 is 35.1 Å².